The number of hydrogen-bond donors (Lipinski definition) is 0. The van der Waals surface area contributed by atoms with E-state index in [0.717, 1.165) is 61.1 Å². The minimum absolute atomic E-state index is 0.0535. The number of hydrogen-bond acceptors (Lipinski definition) is 5. The van der Waals surface area contributed by atoms with Crippen molar-refractivity contribution < 1.29 is 14.3 Å². The maximum Gasteiger partial charge on any atom is 0.310 e. The number of nitrogens with zero attached hydrogens (tertiary/aromatic N) is 3. The Labute approximate surface area is 234 Å². The molecule has 6 nitrogen and oxygen atoms in total. The first-order valence-electron chi connectivity index (χ1n) is 13.4. The summed E-state index contributed by atoms with van der Waals surface area (Å²) in [6, 6.07) is 15.3. The fourth-order valence-electron chi connectivity index (χ4n) is 5.88. The lowest BCUT2D eigenvalue weighted by atomic mass is 9.77. The highest BCUT2D eigenvalue weighted by Crippen LogP contribution is 2.44. The number of likely N-dealkylation sites (tertiary alicyclic amines) is 1. The molecule has 2 fully saturated rings. The van der Waals surface area contributed by atoms with Crippen molar-refractivity contribution in [3.8, 4) is 0 Å². The predicted molar refractivity (Wildman–Crippen MR) is 151 cm³/mol. The molecule has 3 aliphatic rings. The summed E-state index contributed by atoms with van der Waals surface area (Å²) in [5, 5.41) is 8.05. The molecule has 0 aromatic heterocycles. The van der Waals surface area contributed by atoms with Crippen molar-refractivity contribution in [3.63, 3.8) is 0 Å². The quantitative estimate of drug-likeness (QED) is 0.388. The molecule has 2 aliphatic heterocycles. The number of halogens is 2. The topological polar surface area (TPSA) is 62.2 Å². The van der Waals surface area contributed by atoms with Crippen molar-refractivity contribution in [2.75, 3.05) is 26.2 Å². The van der Waals surface area contributed by atoms with E-state index in [1.165, 1.54) is 0 Å². The molecule has 5 rings (SSSR count). The largest absolute Gasteiger partial charge is 0.466 e. The van der Waals surface area contributed by atoms with Gasteiger partial charge in [-0.2, -0.15) is 5.10 Å². The molecule has 2 aromatic rings. The molecule has 0 spiro atoms. The number of carbonyl (C=O) groups excluding carboxylic acids is 2. The lowest BCUT2D eigenvalue weighted by Crippen LogP contribution is -2.45. The standard InChI is InChI=1S/C30H33Cl2N3O3/c1-2-38-30(37)23-6-4-16-34(18-23)19-27(36)35-29(21-10-14-25(32)15-11-21)26-7-3-5-22(28(26)33-35)17-20-8-12-24(31)13-9-20/h8-15,17,23,26,29H,2-7,16,18-19H2,1H3/b22-17+/t23-,26+,29+/m0/s1. The molecule has 0 unspecified atom stereocenters. The number of carbonyl (C=O) groups is 2. The minimum Gasteiger partial charge on any atom is -0.466 e. The van der Waals surface area contributed by atoms with Crippen molar-refractivity contribution in [2.24, 2.45) is 16.9 Å². The number of hydrazone groups is 1. The van der Waals surface area contributed by atoms with Gasteiger partial charge in [0.05, 0.1) is 30.8 Å². The molecule has 1 amide bonds. The molecule has 0 bridgehead atoms. The fraction of sp³-hybridized carbons (Fsp3) is 0.433. The molecule has 3 atom stereocenters. The van der Waals surface area contributed by atoms with Crippen LogP contribution in [0.25, 0.3) is 6.08 Å². The van der Waals surface area contributed by atoms with Crippen molar-refractivity contribution in [1.82, 2.24) is 9.91 Å². The minimum atomic E-state index is -0.190. The summed E-state index contributed by atoms with van der Waals surface area (Å²) in [5.74, 6) is -0.304. The average Bonchev–Trinajstić information content (AvgIpc) is 3.32. The molecule has 200 valence electrons. The van der Waals surface area contributed by atoms with E-state index in [-0.39, 0.29) is 36.3 Å². The van der Waals surface area contributed by atoms with Gasteiger partial charge in [-0.15, -0.1) is 0 Å². The summed E-state index contributed by atoms with van der Waals surface area (Å²) in [7, 11) is 0. The molecule has 1 saturated heterocycles. The molecular weight excluding hydrogens is 521 g/mol. The second-order valence-corrected chi connectivity index (χ2v) is 11.1. The zero-order valence-electron chi connectivity index (χ0n) is 21.6. The van der Waals surface area contributed by atoms with Gasteiger partial charge >= 0.3 is 5.97 Å². The van der Waals surface area contributed by atoms with Crippen LogP contribution in [0.1, 0.15) is 56.2 Å². The summed E-state index contributed by atoms with van der Waals surface area (Å²) in [5.41, 5.74) is 4.25. The van der Waals surface area contributed by atoms with Gasteiger partial charge in [-0.25, -0.2) is 5.01 Å². The third-order valence-corrected chi connectivity index (χ3v) is 8.17. The number of ether oxygens (including phenoxy) is 1. The van der Waals surface area contributed by atoms with E-state index in [1.54, 1.807) is 5.01 Å². The van der Waals surface area contributed by atoms with Crippen molar-refractivity contribution >= 4 is 46.9 Å². The average molecular weight is 555 g/mol. The Hall–Kier alpha value is -2.67. The molecule has 1 aliphatic carbocycles. The Morgan fingerprint density at radius 3 is 2.45 bits per heavy atom. The molecule has 0 N–H and O–H groups in total. The van der Waals surface area contributed by atoms with Gasteiger partial charge in [0, 0.05) is 22.5 Å². The summed E-state index contributed by atoms with van der Waals surface area (Å²) < 4.78 is 5.24. The first-order chi connectivity index (χ1) is 18.4. The van der Waals surface area contributed by atoms with Crippen molar-refractivity contribution in [1.29, 1.82) is 0 Å². The Morgan fingerprint density at radius 2 is 1.74 bits per heavy atom. The number of rotatable bonds is 6. The normalized spacial score (nSPS) is 24.7. The first kappa shape index (κ1) is 26.9. The first-order valence-corrected chi connectivity index (χ1v) is 14.2. The van der Waals surface area contributed by atoms with Crippen LogP contribution < -0.4 is 0 Å². The van der Waals surface area contributed by atoms with Gasteiger partial charge in [0.15, 0.2) is 0 Å². The molecule has 2 heterocycles. The molecule has 1 saturated carbocycles. The van der Waals surface area contributed by atoms with Crippen LogP contribution in [0.3, 0.4) is 0 Å². The monoisotopic (exact) mass is 553 g/mol. The number of esters is 1. The van der Waals surface area contributed by atoms with Crippen LogP contribution in [0.4, 0.5) is 0 Å². The number of amides is 1. The second-order valence-electron chi connectivity index (χ2n) is 10.3. The van der Waals surface area contributed by atoms with Crippen LogP contribution in [0.15, 0.2) is 59.2 Å². The fourth-order valence-corrected chi connectivity index (χ4v) is 6.13. The third kappa shape index (κ3) is 5.98. The molecule has 0 radical (unpaired) electrons. The van der Waals surface area contributed by atoms with E-state index >= 15 is 0 Å². The lowest BCUT2D eigenvalue weighted by Gasteiger charge is -2.33. The molecule has 38 heavy (non-hydrogen) atoms. The van der Waals surface area contributed by atoms with Crippen LogP contribution in [0, 0.1) is 11.8 Å². The summed E-state index contributed by atoms with van der Waals surface area (Å²) in [6.45, 7) is 3.73. The summed E-state index contributed by atoms with van der Waals surface area (Å²) >= 11 is 12.3. The van der Waals surface area contributed by atoms with Gasteiger partial charge in [-0.1, -0.05) is 47.5 Å². The maximum atomic E-state index is 13.8. The number of benzene rings is 2. The van der Waals surface area contributed by atoms with Gasteiger partial charge < -0.3 is 4.74 Å². The smallest absolute Gasteiger partial charge is 0.310 e. The number of piperidine rings is 1. The number of fused-ring (bicyclic) bond motifs is 1. The van der Waals surface area contributed by atoms with Gasteiger partial charge in [0.2, 0.25) is 0 Å². The van der Waals surface area contributed by atoms with Crippen LogP contribution >= 0.6 is 23.2 Å². The molecular formula is C30H33Cl2N3O3. The van der Waals surface area contributed by atoms with E-state index in [0.29, 0.717) is 23.2 Å². The lowest BCUT2D eigenvalue weighted by molar-refractivity contribution is -0.151. The van der Waals surface area contributed by atoms with Gasteiger partial charge in [-0.3, -0.25) is 14.5 Å². The Balaban J connectivity index is 1.42. The zero-order chi connectivity index (χ0) is 26.6. The SMILES string of the molecule is CCOC(=O)[C@H]1CCCN(CC(=O)N2N=C3/C(=C/c4ccc(Cl)cc4)CCC[C@H]3[C@H]2c2ccc(Cl)cc2)C1. The predicted octanol–water partition coefficient (Wildman–Crippen LogP) is 6.39. The van der Waals surface area contributed by atoms with E-state index in [2.05, 4.69) is 11.0 Å². The van der Waals surface area contributed by atoms with Crippen molar-refractivity contribution in [3.05, 3.63) is 75.3 Å². The van der Waals surface area contributed by atoms with E-state index in [9.17, 15) is 9.59 Å². The number of allylic oxidation sites excluding steroid dienone is 1. The molecule has 8 heteroatoms. The van der Waals surface area contributed by atoms with Crippen LogP contribution in [-0.2, 0) is 14.3 Å². The van der Waals surface area contributed by atoms with E-state index in [1.807, 2.05) is 55.5 Å². The van der Waals surface area contributed by atoms with Crippen LogP contribution in [0.5, 0.6) is 0 Å². The van der Waals surface area contributed by atoms with E-state index in [4.69, 9.17) is 33.0 Å². The van der Waals surface area contributed by atoms with Gasteiger partial charge in [0.1, 0.15) is 0 Å². The van der Waals surface area contributed by atoms with Gasteiger partial charge in [-0.05, 0) is 92.6 Å². The van der Waals surface area contributed by atoms with Crippen LogP contribution in [-0.4, -0.2) is 53.7 Å². The highest BCUT2D eigenvalue weighted by molar-refractivity contribution is 6.30. The maximum absolute atomic E-state index is 13.8. The summed E-state index contributed by atoms with van der Waals surface area (Å²) in [6.07, 6.45) is 6.74. The summed E-state index contributed by atoms with van der Waals surface area (Å²) in [4.78, 5) is 28.2. The molecule has 2 aromatic carbocycles. The Bertz CT molecular complexity index is 1230. The third-order valence-electron chi connectivity index (χ3n) is 7.66. The highest BCUT2D eigenvalue weighted by Gasteiger charge is 2.44. The van der Waals surface area contributed by atoms with E-state index < -0.39 is 0 Å². The Morgan fingerprint density at radius 1 is 1.03 bits per heavy atom. The second kappa shape index (κ2) is 12.0. The van der Waals surface area contributed by atoms with Crippen LogP contribution in [0.2, 0.25) is 10.0 Å². The van der Waals surface area contributed by atoms with Gasteiger partial charge in [0.25, 0.3) is 5.91 Å². The highest BCUT2D eigenvalue weighted by atomic mass is 35.5. The van der Waals surface area contributed by atoms with Crippen molar-refractivity contribution in [2.45, 2.75) is 45.1 Å². The zero-order valence-corrected chi connectivity index (χ0v) is 23.1. The Kier molecular flexibility index (Phi) is 8.51.